The highest BCUT2D eigenvalue weighted by molar-refractivity contribution is 6.42. The maximum Gasteiger partial charge on any atom is 0.319 e. The number of Topliss-reactive ketones (excluding diaryl/α,β-unsaturated/α-hetero) is 1. The normalized spacial score (nSPS) is 18.9. The Balaban J connectivity index is 1.90. The van der Waals surface area contributed by atoms with Crippen LogP contribution in [0.5, 0.6) is 0 Å². The molecule has 2 rings (SSSR count). The number of amides is 1. The van der Waals surface area contributed by atoms with Gasteiger partial charge in [0.1, 0.15) is 12.5 Å². The van der Waals surface area contributed by atoms with Gasteiger partial charge in [-0.25, -0.2) is 0 Å². The summed E-state index contributed by atoms with van der Waals surface area (Å²) in [6.45, 7) is 0.142. The van der Waals surface area contributed by atoms with Crippen LogP contribution in [0.15, 0.2) is 30.3 Å². The molecule has 1 atom stereocenters. The van der Waals surface area contributed by atoms with Crippen LogP contribution in [0.1, 0.15) is 5.56 Å². The zero-order valence-corrected chi connectivity index (χ0v) is 9.01. The standard InChI is InChI=1S/C12H11NO4/c14-10-9(6-13-11(10)15)12(16)17-7-8-4-2-1-3-5-8/h1-5,9H,6-7H2,(H,13,15). The number of ether oxygens (including phenoxy) is 1. The molecule has 5 heteroatoms. The van der Waals surface area contributed by atoms with Crippen molar-refractivity contribution in [3.63, 3.8) is 0 Å². The van der Waals surface area contributed by atoms with Crippen LogP contribution in [-0.2, 0) is 25.7 Å². The summed E-state index contributed by atoms with van der Waals surface area (Å²) < 4.78 is 4.98. The lowest BCUT2D eigenvalue weighted by Crippen LogP contribution is -2.25. The molecule has 0 aromatic heterocycles. The number of ketones is 1. The van der Waals surface area contributed by atoms with Gasteiger partial charge < -0.3 is 10.1 Å². The summed E-state index contributed by atoms with van der Waals surface area (Å²) in [5.74, 6) is -3.09. The molecule has 1 aromatic carbocycles. The third kappa shape index (κ3) is 2.50. The Hall–Kier alpha value is -2.17. The molecule has 1 N–H and O–H groups in total. The Labute approximate surface area is 97.8 Å². The van der Waals surface area contributed by atoms with E-state index < -0.39 is 23.6 Å². The smallest absolute Gasteiger partial charge is 0.319 e. The quantitative estimate of drug-likeness (QED) is 0.454. The molecule has 0 bridgehead atoms. The van der Waals surface area contributed by atoms with E-state index in [4.69, 9.17) is 4.74 Å². The van der Waals surface area contributed by atoms with E-state index in [0.29, 0.717) is 0 Å². The highest BCUT2D eigenvalue weighted by atomic mass is 16.5. The van der Waals surface area contributed by atoms with E-state index in [-0.39, 0.29) is 13.2 Å². The summed E-state index contributed by atoms with van der Waals surface area (Å²) in [7, 11) is 0. The summed E-state index contributed by atoms with van der Waals surface area (Å²) in [5, 5.41) is 2.31. The molecule has 0 spiro atoms. The molecule has 0 radical (unpaired) electrons. The van der Waals surface area contributed by atoms with Gasteiger partial charge in [-0.05, 0) is 5.56 Å². The van der Waals surface area contributed by atoms with Crippen LogP contribution in [0, 0.1) is 5.92 Å². The number of esters is 1. The van der Waals surface area contributed by atoms with Crippen molar-refractivity contribution in [2.45, 2.75) is 6.61 Å². The van der Waals surface area contributed by atoms with Gasteiger partial charge in [0.15, 0.2) is 0 Å². The number of carbonyl (C=O) groups excluding carboxylic acids is 3. The SMILES string of the molecule is O=C1NCC(C(=O)OCc2ccccc2)C1=O. The molecule has 5 nitrogen and oxygen atoms in total. The molecular weight excluding hydrogens is 222 g/mol. The van der Waals surface area contributed by atoms with Gasteiger partial charge in [-0.1, -0.05) is 30.3 Å². The molecule has 1 unspecified atom stereocenters. The van der Waals surface area contributed by atoms with E-state index >= 15 is 0 Å². The molecule has 88 valence electrons. The first kappa shape index (κ1) is 11.3. The van der Waals surface area contributed by atoms with E-state index in [9.17, 15) is 14.4 Å². The minimum atomic E-state index is -0.994. The van der Waals surface area contributed by atoms with Gasteiger partial charge in [0.2, 0.25) is 5.78 Å². The van der Waals surface area contributed by atoms with Crippen molar-refractivity contribution in [2.24, 2.45) is 5.92 Å². The molecule has 1 saturated heterocycles. The number of benzene rings is 1. The minimum Gasteiger partial charge on any atom is -0.460 e. The maximum atomic E-state index is 11.5. The van der Waals surface area contributed by atoms with Crippen LogP contribution in [-0.4, -0.2) is 24.2 Å². The Morgan fingerprint density at radius 1 is 1.29 bits per heavy atom. The number of rotatable bonds is 3. The molecule has 1 fully saturated rings. The fraction of sp³-hybridized carbons (Fsp3) is 0.250. The lowest BCUT2D eigenvalue weighted by Gasteiger charge is -2.07. The fourth-order valence-electron chi connectivity index (χ4n) is 1.55. The highest BCUT2D eigenvalue weighted by Gasteiger charge is 2.38. The van der Waals surface area contributed by atoms with E-state index in [2.05, 4.69) is 5.32 Å². The average Bonchev–Trinajstić information content (AvgIpc) is 2.69. The third-order valence-electron chi connectivity index (χ3n) is 2.52. The Kier molecular flexibility index (Phi) is 3.18. The van der Waals surface area contributed by atoms with Gasteiger partial charge in [0.05, 0.1) is 0 Å². The zero-order valence-electron chi connectivity index (χ0n) is 9.01. The number of carbonyl (C=O) groups is 3. The van der Waals surface area contributed by atoms with Crippen molar-refractivity contribution in [1.29, 1.82) is 0 Å². The Morgan fingerprint density at radius 2 is 2.00 bits per heavy atom. The summed E-state index contributed by atoms with van der Waals surface area (Å²) in [5.41, 5.74) is 0.839. The van der Waals surface area contributed by atoms with Gasteiger partial charge in [-0.15, -0.1) is 0 Å². The molecule has 1 aliphatic rings. The Bertz CT molecular complexity index is 455. The van der Waals surface area contributed by atoms with Gasteiger partial charge in [0, 0.05) is 6.54 Å². The van der Waals surface area contributed by atoms with E-state index in [1.807, 2.05) is 30.3 Å². The lowest BCUT2D eigenvalue weighted by atomic mass is 10.1. The van der Waals surface area contributed by atoms with Gasteiger partial charge in [0.25, 0.3) is 5.91 Å². The van der Waals surface area contributed by atoms with Gasteiger partial charge in [-0.3, -0.25) is 14.4 Å². The first-order chi connectivity index (χ1) is 8.18. The molecular formula is C12H11NO4. The Morgan fingerprint density at radius 3 is 2.59 bits per heavy atom. The largest absolute Gasteiger partial charge is 0.460 e. The van der Waals surface area contributed by atoms with Gasteiger partial charge >= 0.3 is 5.97 Å². The van der Waals surface area contributed by atoms with Crippen molar-refractivity contribution in [2.75, 3.05) is 6.54 Å². The maximum absolute atomic E-state index is 11.5. The molecule has 17 heavy (non-hydrogen) atoms. The minimum absolute atomic E-state index is 0.0330. The van der Waals surface area contributed by atoms with E-state index in [1.165, 1.54) is 0 Å². The molecule has 1 heterocycles. The van der Waals surface area contributed by atoms with Crippen LogP contribution in [0.2, 0.25) is 0 Å². The predicted molar refractivity (Wildman–Crippen MR) is 57.7 cm³/mol. The number of hydrogen-bond donors (Lipinski definition) is 1. The van der Waals surface area contributed by atoms with E-state index in [1.54, 1.807) is 0 Å². The monoisotopic (exact) mass is 233 g/mol. The van der Waals surface area contributed by atoms with Crippen molar-refractivity contribution < 1.29 is 19.1 Å². The summed E-state index contributed by atoms with van der Waals surface area (Å²) in [6, 6.07) is 9.14. The van der Waals surface area contributed by atoms with Crippen LogP contribution < -0.4 is 5.32 Å². The second-order valence-corrected chi connectivity index (χ2v) is 3.72. The highest BCUT2D eigenvalue weighted by Crippen LogP contribution is 2.09. The topological polar surface area (TPSA) is 72.5 Å². The molecule has 1 aliphatic heterocycles. The molecule has 0 aliphatic carbocycles. The first-order valence-electron chi connectivity index (χ1n) is 5.21. The number of hydrogen-bond acceptors (Lipinski definition) is 4. The average molecular weight is 233 g/mol. The van der Waals surface area contributed by atoms with Crippen LogP contribution in [0.25, 0.3) is 0 Å². The second-order valence-electron chi connectivity index (χ2n) is 3.72. The fourth-order valence-corrected chi connectivity index (χ4v) is 1.55. The van der Waals surface area contributed by atoms with Crippen molar-refractivity contribution >= 4 is 17.7 Å². The molecule has 1 amide bonds. The summed E-state index contributed by atoms with van der Waals surface area (Å²) in [4.78, 5) is 33.7. The third-order valence-corrected chi connectivity index (χ3v) is 2.52. The van der Waals surface area contributed by atoms with Gasteiger partial charge in [-0.2, -0.15) is 0 Å². The zero-order chi connectivity index (χ0) is 12.3. The summed E-state index contributed by atoms with van der Waals surface area (Å²) >= 11 is 0. The van der Waals surface area contributed by atoms with Crippen molar-refractivity contribution in [3.8, 4) is 0 Å². The van der Waals surface area contributed by atoms with Crippen LogP contribution in [0.3, 0.4) is 0 Å². The lowest BCUT2D eigenvalue weighted by molar-refractivity contribution is -0.153. The summed E-state index contributed by atoms with van der Waals surface area (Å²) in [6.07, 6.45) is 0. The molecule has 1 aromatic rings. The first-order valence-corrected chi connectivity index (χ1v) is 5.21. The predicted octanol–water partition coefficient (Wildman–Crippen LogP) is 0.0449. The number of nitrogens with one attached hydrogen (secondary N) is 1. The van der Waals surface area contributed by atoms with Crippen molar-refractivity contribution in [3.05, 3.63) is 35.9 Å². The van der Waals surface area contributed by atoms with E-state index in [0.717, 1.165) is 5.56 Å². The molecule has 0 saturated carbocycles. The van der Waals surface area contributed by atoms with Crippen LogP contribution in [0.4, 0.5) is 0 Å². The second kappa shape index (κ2) is 4.78. The van der Waals surface area contributed by atoms with Crippen LogP contribution >= 0.6 is 0 Å². The van der Waals surface area contributed by atoms with Crippen molar-refractivity contribution in [1.82, 2.24) is 5.32 Å².